The molecule has 0 radical (unpaired) electrons. The fourth-order valence-electron chi connectivity index (χ4n) is 3.83. The number of nitrogens with zero attached hydrogens (tertiary/aromatic N) is 2. The van der Waals surface area contributed by atoms with E-state index in [1.54, 1.807) is 19.2 Å². The van der Waals surface area contributed by atoms with Crippen molar-refractivity contribution in [1.29, 1.82) is 0 Å². The Balaban J connectivity index is 1.50. The topological polar surface area (TPSA) is 77.2 Å². The first-order valence-electron chi connectivity index (χ1n) is 9.75. The van der Waals surface area contributed by atoms with Gasteiger partial charge in [0.2, 0.25) is 5.82 Å². The third kappa shape index (κ3) is 4.12. The van der Waals surface area contributed by atoms with E-state index < -0.39 is 12.1 Å². The molecule has 4 rings (SSSR count). The highest BCUT2D eigenvalue weighted by Crippen LogP contribution is 2.46. The third-order valence-electron chi connectivity index (χ3n) is 5.63. The van der Waals surface area contributed by atoms with Gasteiger partial charge in [-0.1, -0.05) is 41.9 Å². The lowest BCUT2D eigenvalue weighted by Crippen LogP contribution is -2.45. The van der Waals surface area contributed by atoms with Gasteiger partial charge < -0.3 is 14.6 Å². The minimum atomic E-state index is -4.73. The summed E-state index contributed by atoms with van der Waals surface area (Å²) in [6.45, 7) is 0.427. The molecule has 0 saturated heterocycles. The van der Waals surface area contributed by atoms with Gasteiger partial charge in [-0.2, -0.15) is 18.2 Å². The van der Waals surface area contributed by atoms with Gasteiger partial charge in [-0.3, -0.25) is 4.79 Å². The molecule has 2 aromatic carbocycles. The zero-order valence-electron chi connectivity index (χ0n) is 16.7. The lowest BCUT2D eigenvalue weighted by atomic mass is 9.64. The van der Waals surface area contributed by atoms with E-state index in [1.807, 2.05) is 24.3 Å². The number of hydrogen-bond donors (Lipinski definition) is 1. The molecule has 1 N–H and O–H groups in total. The van der Waals surface area contributed by atoms with Crippen LogP contribution < -0.4 is 10.1 Å². The number of rotatable bonds is 6. The lowest BCUT2D eigenvalue weighted by molar-refractivity contribution is -0.159. The summed E-state index contributed by atoms with van der Waals surface area (Å²) < 4.78 is 47.9. The molecule has 1 amide bonds. The molecule has 9 heteroatoms. The normalized spacial score (nSPS) is 15.2. The third-order valence-corrected chi connectivity index (χ3v) is 5.63. The van der Waals surface area contributed by atoms with E-state index in [0.717, 1.165) is 30.6 Å². The Labute approximate surface area is 176 Å². The van der Waals surface area contributed by atoms with Crippen molar-refractivity contribution in [3.05, 3.63) is 65.5 Å². The van der Waals surface area contributed by atoms with Crippen LogP contribution in [0, 0.1) is 0 Å². The van der Waals surface area contributed by atoms with Crippen molar-refractivity contribution in [1.82, 2.24) is 15.5 Å². The van der Waals surface area contributed by atoms with Crippen molar-refractivity contribution in [3.8, 4) is 17.1 Å². The van der Waals surface area contributed by atoms with Gasteiger partial charge in [-0.15, -0.1) is 0 Å². The summed E-state index contributed by atoms with van der Waals surface area (Å²) in [5.74, 6) is -1.20. The highest BCUT2D eigenvalue weighted by Gasteiger charge is 2.41. The predicted octanol–water partition coefficient (Wildman–Crippen LogP) is 4.62. The van der Waals surface area contributed by atoms with Crippen LogP contribution in [-0.4, -0.2) is 29.7 Å². The van der Waals surface area contributed by atoms with Gasteiger partial charge in [0.05, 0.1) is 7.11 Å². The minimum Gasteiger partial charge on any atom is -0.496 e. The number of methoxy groups -OCH3 is 1. The van der Waals surface area contributed by atoms with E-state index in [1.165, 1.54) is 12.1 Å². The van der Waals surface area contributed by atoms with Crippen LogP contribution in [-0.2, 0) is 11.6 Å². The number of ether oxygens (including phenoxy) is 1. The monoisotopic (exact) mass is 431 g/mol. The fraction of sp³-hybridized carbons (Fsp3) is 0.318. The van der Waals surface area contributed by atoms with Crippen LogP contribution in [0.15, 0.2) is 53.1 Å². The first-order valence-corrected chi connectivity index (χ1v) is 9.75. The Morgan fingerprint density at radius 2 is 1.97 bits per heavy atom. The number of carbonyl (C=O) groups is 1. The van der Waals surface area contributed by atoms with E-state index >= 15 is 0 Å². The number of aromatic nitrogens is 2. The highest BCUT2D eigenvalue weighted by atomic mass is 19.4. The zero-order valence-corrected chi connectivity index (χ0v) is 16.7. The molecule has 0 spiro atoms. The summed E-state index contributed by atoms with van der Waals surface area (Å²) in [6.07, 6.45) is -1.81. The molecule has 0 bridgehead atoms. The SMILES string of the molecule is COc1ccccc1C1(CNC(=O)c2cccc(-c3noc(C(F)(F)F)n3)c2)CCC1. The molecule has 0 atom stereocenters. The standard InChI is InChI=1S/C22H20F3N3O3/c1-30-17-9-3-2-8-16(17)21(10-5-11-21)13-26-19(29)15-7-4-6-14(12-15)18-27-20(31-28-18)22(23,24)25/h2-4,6-9,12H,5,10-11,13H2,1H3,(H,26,29). The van der Waals surface area contributed by atoms with Crippen molar-refractivity contribution >= 4 is 5.91 Å². The predicted molar refractivity (Wildman–Crippen MR) is 106 cm³/mol. The fourth-order valence-corrected chi connectivity index (χ4v) is 3.83. The minimum absolute atomic E-state index is 0.199. The Bertz CT molecular complexity index is 1090. The van der Waals surface area contributed by atoms with Crippen LogP contribution in [0.5, 0.6) is 5.75 Å². The van der Waals surface area contributed by atoms with Crippen LogP contribution >= 0.6 is 0 Å². The van der Waals surface area contributed by atoms with E-state index in [-0.39, 0.29) is 22.7 Å². The lowest BCUT2D eigenvalue weighted by Gasteiger charge is -2.43. The second-order valence-corrected chi connectivity index (χ2v) is 7.52. The van der Waals surface area contributed by atoms with E-state index in [2.05, 4.69) is 20.0 Å². The maximum Gasteiger partial charge on any atom is 0.471 e. The van der Waals surface area contributed by atoms with E-state index in [0.29, 0.717) is 12.1 Å². The molecule has 162 valence electrons. The smallest absolute Gasteiger partial charge is 0.471 e. The largest absolute Gasteiger partial charge is 0.496 e. The van der Waals surface area contributed by atoms with Gasteiger partial charge >= 0.3 is 12.1 Å². The number of hydrogen-bond acceptors (Lipinski definition) is 5. The molecule has 1 aromatic heterocycles. The number of alkyl halides is 3. The summed E-state index contributed by atoms with van der Waals surface area (Å²) in [6, 6.07) is 13.9. The molecular formula is C22H20F3N3O3. The van der Waals surface area contributed by atoms with Gasteiger partial charge in [0.15, 0.2) is 0 Å². The molecule has 1 saturated carbocycles. The first kappa shape index (κ1) is 20.9. The number of amides is 1. The number of para-hydroxylation sites is 1. The summed E-state index contributed by atoms with van der Waals surface area (Å²) in [7, 11) is 1.62. The average Bonchev–Trinajstić information content (AvgIpc) is 3.24. The second-order valence-electron chi connectivity index (χ2n) is 7.52. The molecule has 6 nitrogen and oxygen atoms in total. The van der Waals surface area contributed by atoms with Gasteiger partial charge in [0, 0.05) is 28.7 Å². The molecule has 0 aliphatic heterocycles. The Hall–Kier alpha value is -3.36. The van der Waals surface area contributed by atoms with Crippen molar-refractivity contribution < 1.29 is 27.2 Å². The summed E-state index contributed by atoms with van der Waals surface area (Å²) in [4.78, 5) is 16.1. The summed E-state index contributed by atoms with van der Waals surface area (Å²) in [5, 5.41) is 6.33. The average molecular weight is 431 g/mol. The molecule has 1 heterocycles. The highest BCUT2D eigenvalue weighted by molar-refractivity contribution is 5.95. The molecule has 0 unspecified atom stereocenters. The molecule has 3 aromatic rings. The Kier molecular flexibility index (Phi) is 5.43. The second kappa shape index (κ2) is 8.05. The summed E-state index contributed by atoms with van der Waals surface area (Å²) >= 11 is 0. The zero-order chi connectivity index (χ0) is 22.1. The number of benzene rings is 2. The van der Waals surface area contributed by atoms with Crippen molar-refractivity contribution in [2.75, 3.05) is 13.7 Å². The summed E-state index contributed by atoms with van der Waals surface area (Å²) in [5.41, 5.74) is 1.42. The quantitative estimate of drug-likeness (QED) is 0.617. The molecule has 31 heavy (non-hydrogen) atoms. The van der Waals surface area contributed by atoms with E-state index in [9.17, 15) is 18.0 Å². The van der Waals surface area contributed by atoms with Gasteiger partial charge in [-0.25, -0.2) is 0 Å². The molecule has 1 aliphatic rings. The van der Waals surface area contributed by atoms with Crippen LogP contribution in [0.25, 0.3) is 11.4 Å². The maximum atomic E-state index is 12.8. The molecule has 1 aliphatic carbocycles. The van der Waals surface area contributed by atoms with Gasteiger partial charge in [0.25, 0.3) is 5.91 Å². The maximum absolute atomic E-state index is 12.8. The van der Waals surface area contributed by atoms with Crippen molar-refractivity contribution in [3.63, 3.8) is 0 Å². The van der Waals surface area contributed by atoms with Gasteiger partial charge in [0.1, 0.15) is 5.75 Å². The molecule has 1 fully saturated rings. The Morgan fingerprint density at radius 1 is 1.19 bits per heavy atom. The van der Waals surface area contributed by atoms with Crippen LogP contribution in [0.4, 0.5) is 13.2 Å². The van der Waals surface area contributed by atoms with Crippen LogP contribution in [0.1, 0.15) is 41.1 Å². The van der Waals surface area contributed by atoms with Gasteiger partial charge in [-0.05, 0) is 31.0 Å². The molecular weight excluding hydrogens is 411 g/mol. The van der Waals surface area contributed by atoms with Crippen molar-refractivity contribution in [2.45, 2.75) is 30.9 Å². The van der Waals surface area contributed by atoms with Crippen LogP contribution in [0.2, 0.25) is 0 Å². The first-order chi connectivity index (χ1) is 14.8. The Morgan fingerprint density at radius 3 is 2.61 bits per heavy atom. The van der Waals surface area contributed by atoms with Crippen LogP contribution in [0.3, 0.4) is 0 Å². The van der Waals surface area contributed by atoms with E-state index in [4.69, 9.17) is 4.74 Å². The van der Waals surface area contributed by atoms with Crippen molar-refractivity contribution in [2.24, 2.45) is 0 Å². The number of carbonyl (C=O) groups excluding carboxylic acids is 1. The number of nitrogens with one attached hydrogen (secondary N) is 1. The number of halogens is 3.